The molecule has 6 heteroatoms. The Labute approximate surface area is 141 Å². The SMILES string of the molecule is O=C(NCCOc1ccc(Br)cc1)c1ccc(Cl)c(Cl)c1. The second-order valence-electron chi connectivity index (χ2n) is 4.19. The largest absolute Gasteiger partial charge is 0.492 e. The number of carbonyl (C=O) groups excluding carboxylic acids is 1. The maximum atomic E-state index is 11.9. The molecule has 110 valence electrons. The van der Waals surface area contributed by atoms with Crippen molar-refractivity contribution in [3.63, 3.8) is 0 Å². The number of ether oxygens (including phenoxy) is 1. The van der Waals surface area contributed by atoms with Crippen LogP contribution in [0.5, 0.6) is 5.75 Å². The van der Waals surface area contributed by atoms with Crippen LogP contribution in [-0.2, 0) is 0 Å². The molecule has 0 aliphatic rings. The van der Waals surface area contributed by atoms with Gasteiger partial charge in [-0.2, -0.15) is 0 Å². The highest BCUT2D eigenvalue weighted by Crippen LogP contribution is 2.22. The van der Waals surface area contributed by atoms with Gasteiger partial charge in [0.1, 0.15) is 12.4 Å². The molecule has 2 rings (SSSR count). The first-order valence-electron chi connectivity index (χ1n) is 6.18. The number of benzene rings is 2. The van der Waals surface area contributed by atoms with Gasteiger partial charge < -0.3 is 10.1 Å². The summed E-state index contributed by atoms with van der Waals surface area (Å²) in [4.78, 5) is 11.9. The summed E-state index contributed by atoms with van der Waals surface area (Å²) in [5.41, 5.74) is 0.466. The molecule has 21 heavy (non-hydrogen) atoms. The average Bonchev–Trinajstić information content (AvgIpc) is 2.48. The molecule has 1 amide bonds. The Morgan fingerprint density at radius 2 is 1.81 bits per heavy atom. The fourth-order valence-electron chi connectivity index (χ4n) is 1.60. The molecule has 0 spiro atoms. The smallest absolute Gasteiger partial charge is 0.251 e. The summed E-state index contributed by atoms with van der Waals surface area (Å²) in [7, 11) is 0. The Hall–Kier alpha value is -1.23. The predicted octanol–water partition coefficient (Wildman–Crippen LogP) is 4.56. The summed E-state index contributed by atoms with van der Waals surface area (Å²) in [5, 5.41) is 3.53. The van der Waals surface area contributed by atoms with E-state index in [4.69, 9.17) is 27.9 Å². The van der Waals surface area contributed by atoms with E-state index in [-0.39, 0.29) is 5.91 Å². The van der Waals surface area contributed by atoms with Crippen molar-refractivity contribution in [2.45, 2.75) is 0 Å². The summed E-state index contributed by atoms with van der Waals surface area (Å²) < 4.78 is 6.50. The molecule has 0 aliphatic heterocycles. The first kappa shape index (κ1) is 16.1. The minimum atomic E-state index is -0.215. The number of carbonyl (C=O) groups is 1. The number of nitrogens with one attached hydrogen (secondary N) is 1. The quantitative estimate of drug-likeness (QED) is 0.762. The monoisotopic (exact) mass is 387 g/mol. The molecule has 3 nitrogen and oxygen atoms in total. The van der Waals surface area contributed by atoms with Crippen molar-refractivity contribution >= 4 is 45.0 Å². The third-order valence-electron chi connectivity index (χ3n) is 2.65. The predicted molar refractivity (Wildman–Crippen MR) is 88.4 cm³/mol. The van der Waals surface area contributed by atoms with Crippen molar-refractivity contribution in [3.05, 3.63) is 62.5 Å². The van der Waals surface area contributed by atoms with E-state index in [1.165, 1.54) is 6.07 Å². The minimum absolute atomic E-state index is 0.215. The molecule has 0 saturated carbocycles. The van der Waals surface area contributed by atoms with E-state index < -0.39 is 0 Å². The maximum absolute atomic E-state index is 11.9. The number of hydrogen-bond donors (Lipinski definition) is 1. The molecule has 0 atom stereocenters. The highest BCUT2D eigenvalue weighted by molar-refractivity contribution is 9.10. The third kappa shape index (κ3) is 4.92. The van der Waals surface area contributed by atoms with Crippen molar-refractivity contribution in [2.24, 2.45) is 0 Å². The molecular formula is C15H12BrCl2NO2. The molecule has 1 N–H and O–H groups in total. The van der Waals surface area contributed by atoms with Crippen LogP contribution in [0.15, 0.2) is 46.9 Å². The van der Waals surface area contributed by atoms with Gasteiger partial charge in [-0.25, -0.2) is 0 Å². The fraction of sp³-hybridized carbons (Fsp3) is 0.133. The highest BCUT2D eigenvalue weighted by atomic mass is 79.9. The van der Waals surface area contributed by atoms with Gasteiger partial charge >= 0.3 is 0 Å². The van der Waals surface area contributed by atoms with Gasteiger partial charge in [0.25, 0.3) is 5.91 Å². The summed E-state index contributed by atoms with van der Waals surface area (Å²) >= 11 is 15.0. The van der Waals surface area contributed by atoms with Gasteiger partial charge in [0, 0.05) is 10.0 Å². The number of hydrogen-bond acceptors (Lipinski definition) is 2. The first-order chi connectivity index (χ1) is 10.1. The van der Waals surface area contributed by atoms with Gasteiger partial charge in [-0.3, -0.25) is 4.79 Å². The van der Waals surface area contributed by atoms with Gasteiger partial charge in [-0.15, -0.1) is 0 Å². The topological polar surface area (TPSA) is 38.3 Å². The van der Waals surface area contributed by atoms with Crippen LogP contribution in [0.4, 0.5) is 0 Å². The normalized spacial score (nSPS) is 10.2. The Balaban J connectivity index is 1.79. The van der Waals surface area contributed by atoms with Crippen molar-refractivity contribution in [2.75, 3.05) is 13.2 Å². The second kappa shape index (κ2) is 7.69. The van der Waals surface area contributed by atoms with E-state index in [1.54, 1.807) is 12.1 Å². The molecular weight excluding hydrogens is 377 g/mol. The van der Waals surface area contributed by atoms with Crippen LogP contribution in [0.2, 0.25) is 10.0 Å². The van der Waals surface area contributed by atoms with E-state index in [1.807, 2.05) is 24.3 Å². The Morgan fingerprint density at radius 3 is 2.48 bits per heavy atom. The lowest BCUT2D eigenvalue weighted by atomic mass is 10.2. The number of amides is 1. The Bertz CT molecular complexity index is 632. The molecule has 0 bridgehead atoms. The van der Waals surface area contributed by atoms with Crippen molar-refractivity contribution in [3.8, 4) is 5.75 Å². The van der Waals surface area contributed by atoms with E-state index in [9.17, 15) is 4.79 Å². The van der Waals surface area contributed by atoms with Gasteiger partial charge in [0.15, 0.2) is 0 Å². The highest BCUT2D eigenvalue weighted by Gasteiger charge is 2.07. The van der Waals surface area contributed by atoms with E-state index in [0.717, 1.165) is 10.2 Å². The lowest BCUT2D eigenvalue weighted by Gasteiger charge is -2.08. The molecule has 2 aromatic rings. The Kier molecular flexibility index (Phi) is 5.91. The van der Waals surface area contributed by atoms with Crippen LogP contribution < -0.4 is 10.1 Å². The van der Waals surface area contributed by atoms with Gasteiger partial charge in [0.2, 0.25) is 0 Å². The zero-order valence-electron chi connectivity index (χ0n) is 10.9. The van der Waals surface area contributed by atoms with Crippen molar-refractivity contribution in [1.29, 1.82) is 0 Å². The van der Waals surface area contributed by atoms with E-state index in [2.05, 4.69) is 21.2 Å². The van der Waals surface area contributed by atoms with E-state index >= 15 is 0 Å². The zero-order chi connectivity index (χ0) is 15.2. The van der Waals surface area contributed by atoms with Crippen LogP contribution in [0.25, 0.3) is 0 Å². The van der Waals surface area contributed by atoms with Crippen LogP contribution in [0.1, 0.15) is 10.4 Å². The average molecular weight is 389 g/mol. The fourth-order valence-corrected chi connectivity index (χ4v) is 2.17. The molecule has 0 unspecified atom stereocenters. The van der Waals surface area contributed by atoms with Crippen molar-refractivity contribution < 1.29 is 9.53 Å². The maximum Gasteiger partial charge on any atom is 0.251 e. The van der Waals surface area contributed by atoms with Crippen LogP contribution in [0.3, 0.4) is 0 Å². The molecule has 0 aromatic heterocycles. The molecule has 0 fully saturated rings. The number of halogens is 3. The van der Waals surface area contributed by atoms with Crippen LogP contribution in [0, 0.1) is 0 Å². The summed E-state index contributed by atoms with van der Waals surface area (Å²) in [6, 6.07) is 12.2. The molecule has 2 aromatic carbocycles. The third-order valence-corrected chi connectivity index (χ3v) is 3.92. The van der Waals surface area contributed by atoms with Gasteiger partial charge in [0.05, 0.1) is 16.6 Å². The van der Waals surface area contributed by atoms with Crippen molar-refractivity contribution in [1.82, 2.24) is 5.32 Å². The summed E-state index contributed by atoms with van der Waals surface area (Å²) in [6.07, 6.45) is 0. The standard InChI is InChI=1S/C15H12BrCl2NO2/c16-11-2-4-12(5-3-11)21-8-7-19-15(20)10-1-6-13(17)14(18)9-10/h1-6,9H,7-8H2,(H,19,20). The van der Waals surface area contributed by atoms with E-state index in [0.29, 0.717) is 28.8 Å². The first-order valence-corrected chi connectivity index (χ1v) is 7.73. The molecule has 0 saturated heterocycles. The molecule has 0 aliphatic carbocycles. The Morgan fingerprint density at radius 1 is 1.10 bits per heavy atom. The lowest BCUT2D eigenvalue weighted by molar-refractivity contribution is 0.0947. The summed E-state index contributed by atoms with van der Waals surface area (Å²) in [6.45, 7) is 0.782. The van der Waals surface area contributed by atoms with Crippen LogP contribution in [-0.4, -0.2) is 19.1 Å². The van der Waals surface area contributed by atoms with Gasteiger partial charge in [-0.05, 0) is 42.5 Å². The lowest BCUT2D eigenvalue weighted by Crippen LogP contribution is -2.28. The summed E-state index contributed by atoms with van der Waals surface area (Å²) in [5.74, 6) is 0.537. The number of rotatable bonds is 5. The van der Waals surface area contributed by atoms with Gasteiger partial charge in [-0.1, -0.05) is 39.1 Å². The zero-order valence-corrected chi connectivity index (χ0v) is 14.0. The second-order valence-corrected chi connectivity index (χ2v) is 5.92. The van der Waals surface area contributed by atoms with Crippen LogP contribution >= 0.6 is 39.1 Å². The molecule has 0 radical (unpaired) electrons. The molecule has 0 heterocycles. The minimum Gasteiger partial charge on any atom is -0.492 e.